The molecule has 1 saturated heterocycles. The molecular weight excluding hydrogens is 174 g/mol. The van der Waals surface area contributed by atoms with Gasteiger partial charge < -0.3 is 4.90 Å². The summed E-state index contributed by atoms with van der Waals surface area (Å²) in [5.74, 6) is 0.816. The van der Waals surface area contributed by atoms with E-state index in [9.17, 15) is 4.79 Å². The van der Waals surface area contributed by atoms with Crippen LogP contribution >= 0.6 is 11.6 Å². The molecule has 0 aromatic heterocycles. The maximum Gasteiger partial charge on any atom is 0.222 e. The molecular formula is C9H14ClNO. The van der Waals surface area contributed by atoms with Gasteiger partial charge in [-0.2, -0.15) is 0 Å². The molecule has 68 valence electrons. The maximum absolute atomic E-state index is 11.4. The number of alkyl halides is 1. The number of halogens is 1. The van der Waals surface area contributed by atoms with E-state index in [1.165, 1.54) is 12.8 Å². The molecule has 0 aromatic carbocycles. The van der Waals surface area contributed by atoms with Crippen LogP contribution in [0.15, 0.2) is 0 Å². The van der Waals surface area contributed by atoms with Gasteiger partial charge in [0.25, 0.3) is 0 Å². The van der Waals surface area contributed by atoms with Gasteiger partial charge in [0, 0.05) is 13.5 Å². The summed E-state index contributed by atoms with van der Waals surface area (Å²) in [6.07, 6.45) is 4.17. The lowest BCUT2D eigenvalue weighted by atomic mass is 9.85. The van der Waals surface area contributed by atoms with Crippen LogP contribution < -0.4 is 0 Å². The van der Waals surface area contributed by atoms with Crippen molar-refractivity contribution < 1.29 is 4.79 Å². The molecule has 1 amide bonds. The molecule has 0 radical (unpaired) electrons. The fourth-order valence-electron chi connectivity index (χ4n) is 2.53. The van der Waals surface area contributed by atoms with Gasteiger partial charge in [-0.3, -0.25) is 4.79 Å². The highest BCUT2D eigenvalue weighted by molar-refractivity contribution is 6.21. The largest absolute Gasteiger partial charge is 0.341 e. The second kappa shape index (κ2) is 2.91. The Labute approximate surface area is 77.9 Å². The monoisotopic (exact) mass is 187 g/mol. The Kier molecular flexibility index (Phi) is 2.03. The fourth-order valence-corrected chi connectivity index (χ4v) is 3.06. The predicted molar refractivity (Wildman–Crippen MR) is 48.2 cm³/mol. The number of fused-ring (bicyclic) bond motifs is 1. The van der Waals surface area contributed by atoms with Gasteiger partial charge in [0.2, 0.25) is 5.91 Å². The Bertz CT molecular complexity index is 207. The van der Waals surface area contributed by atoms with E-state index in [0.29, 0.717) is 12.0 Å². The second-order valence-corrected chi connectivity index (χ2v) is 4.47. The molecule has 12 heavy (non-hydrogen) atoms. The molecule has 1 aliphatic carbocycles. The quantitative estimate of drug-likeness (QED) is 0.528. The van der Waals surface area contributed by atoms with Gasteiger partial charge in [-0.1, -0.05) is 6.42 Å². The van der Waals surface area contributed by atoms with Crippen molar-refractivity contribution in [3.8, 4) is 0 Å². The molecule has 1 saturated carbocycles. The van der Waals surface area contributed by atoms with Crippen LogP contribution in [0.5, 0.6) is 0 Å². The number of hydrogen-bond donors (Lipinski definition) is 0. The zero-order valence-corrected chi connectivity index (χ0v) is 8.05. The Morgan fingerprint density at radius 3 is 2.92 bits per heavy atom. The molecule has 2 rings (SSSR count). The first kappa shape index (κ1) is 8.36. The van der Waals surface area contributed by atoms with Crippen molar-refractivity contribution in [3.05, 3.63) is 0 Å². The van der Waals surface area contributed by atoms with E-state index in [0.717, 1.165) is 12.8 Å². The highest BCUT2D eigenvalue weighted by Crippen LogP contribution is 2.38. The molecule has 3 atom stereocenters. The SMILES string of the molecule is CN1C(=O)CC2CCCC(Cl)C21. The molecule has 0 N–H and O–H groups in total. The standard InChI is InChI=1S/C9H14ClNO/c1-11-8(12)5-6-3-2-4-7(10)9(6)11/h6-7,9H,2-5H2,1H3. The Morgan fingerprint density at radius 1 is 1.50 bits per heavy atom. The molecule has 1 heterocycles. The summed E-state index contributed by atoms with van der Waals surface area (Å²) in [5, 5.41) is 0.195. The maximum atomic E-state index is 11.4. The highest BCUT2D eigenvalue weighted by Gasteiger charge is 2.43. The third kappa shape index (κ3) is 1.13. The third-order valence-electron chi connectivity index (χ3n) is 3.19. The van der Waals surface area contributed by atoms with Crippen LogP contribution in [0, 0.1) is 5.92 Å². The molecule has 2 aliphatic rings. The Balaban J connectivity index is 2.17. The van der Waals surface area contributed by atoms with Crippen molar-refractivity contribution in [1.29, 1.82) is 0 Å². The summed E-state index contributed by atoms with van der Waals surface area (Å²) in [6, 6.07) is 0.327. The van der Waals surface area contributed by atoms with Crippen LogP contribution in [0.3, 0.4) is 0 Å². The van der Waals surface area contributed by atoms with Crippen molar-refractivity contribution in [2.24, 2.45) is 5.92 Å². The second-order valence-electron chi connectivity index (χ2n) is 3.91. The van der Waals surface area contributed by atoms with Gasteiger partial charge in [0.15, 0.2) is 0 Å². The summed E-state index contributed by atoms with van der Waals surface area (Å²) in [7, 11) is 1.88. The highest BCUT2D eigenvalue weighted by atomic mass is 35.5. The van der Waals surface area contributed by atoms with Crippen LogP contribution in [0.25, 0.3) is 0 Å². The van der Waals surface area contributed by atoms with Crippen molar-refractivity contribution in [3.63, 3.8) is 0 Å². The molecule has 0 aromatic rings. The predicted octanol–water partition coefficient (Wildman–Crippen LogP) is 1.62. The third-order valence-corrected chi connectivity index (χ3v) is 3.66. The van der Waals surface area contributed by atoms with E-state index >= 15 is 0 Å². The van der Waals surface area contributed by atoms with E-state index < -0.39 is 0 Å². The van der Waals surface area contributed by atoms with E-state index in [1.54, 1.807) is 0 Å². The van der Waals surface area contributed by atoms with Crippen LogP contribution in [0.4, 0.5) is 0 Å². The van der Waals surface area contributed by atoms with Gasteiger partial charge in [-0.15, -0.1) is 11.6 Å². The number of carbonyl (C=O) groups is 1. The average molecular weight is 188 g/mol. The lowest BCUT2D eigenvalue weighted by molar-refractivity contribution is -0.127. The zero-order valence-electron chi connectivity index (χ0n) is 7.29. The summed E-state index contributed by atoms with van der Waals surface area (Å²) in [5.41, 5.74) is 0. The van der Waals surface area contributed by atoms with E-state index in [4.69, 9.17) is 11.6 Å². The first-order valence-electron chi connectivity index (χ1n) is 4.60. The van der Waals surface area contributed by atoms with Gasteiger partial charge in [0.1, 0.15) is 0 Å². The average Bonchev–Trinajstić information content (AvgIpc) is 2.29. The number of nitrogens with zero attached hydrogens (tertiary/aromatic N) is 1. The Hall–Kier alpha value is -0.240. The molecule has 0 spiro atoms. The first-order chi connectivity index (χ1) is 5.70. The fraction of sp³-hybridized carbons (Fsp3) is 0.889. The lowest BCUT2D eigenvalue weighted by Crippen LogP contribution is -2.41. The summed E-state index contributed by atoms with van der Waals surface area (Å²) < 4.78 is 0. The summed E-state index contributed by atoms with van der Waals surface area (Å²) >= 11 is 6.18. The Morgan fingerprint density at radius 2 is 2.25 bits per heavy atom. The minimum absolute atomic E-state index is 0.195. The molecule has 2 fully saturated rings. The minimum atomic E-state index is 0.195. The van der Waals surface area contributed by atoms with Gasteiger partial charge in [-0.05, 0) is 18.8 Å². The topological polar surface area (TPSA) is 20.3 Å². The molecule has 3 unspecified atom stereocenters. The van der Waals surface area contributed by atoms with Crippen LogP contribution in [0.1, 0.15) is 25.7 Å². The van der Waals surface area contributed by atoms with Crippen molar-refractivity contribution in [2.75, 3.05) is 7.05 Å². The van der Waals surface area contributed by atoms with Crippen molar-refractivity contribution in [1.82, 2.24) is 4.90 Å². The van der Waals surface area contributed by atoms with Crippen molar-refractivity contribution in [2.45, 2.75) is 37.1 Å². The van der Waals surface area contributed by atoms with E-state index in [1.807, 2.05) is 11.9 Å². The van der Waals surface area contributed by atoms with E-state index in [2.05, 4.69) is 0 Å². The smallest absolute Gasteiger partial charge is 0.222 e. The van der Waals surface area contributed by atoms with E-state index in [-0.39, 0.29) is 11.3 Å². The zero-order chi connectivity index (χ0) is 8.72. The lowest BCUT2D eigenvalue weighted by Gasteiger charge is -2.33. The number of amides is 1. The van der Waals surface area contributed by atoms with Gasteiger partial charge in [0.05, 0.1) is 11.4 Å². The van der Waals surface area contributed by atoms with Gasteiger partial charge in [-0.25, -0.2) is 0 Å². The van der Waals surface area contributed by atoms with Crippen molar-refractivity contribution >= 4 is 17.5 Å². The van der Waals surface area contributed by atoms with Crippen LogP contribution in [-0.4, -0.2) is 29.3 Å². The molecule has 1 aliphatic heterocycles. The number of likely N-dealkylation sites (tertiary alicyclic amines) is 1. The first-order valence-corrected chi connectivity index (χ1v) is 5.03. The number of rotatable bonds is 0. The minimum Gasteiger partial charge on any atom is -0.341 e. The normalized spacial score (nSPS) is 41.7. The van der Waals surface area contributed by atoms with Gasteiger partial charge >= 0.3 is 0 Å². The summed E-state index contributed by atoms with van der Waals surface area (Å²) in [4.78, 5) is 13.2. The molecule has 2 nitrogen and oxygen atoms in total. The number of hydrogen-bond acceptors (Lipinski definition) is 1. The van der Waals surface area contributed by atoms with Crippen LogP contribution in [0.2, 0.25) is 0 Å². The molecule has 0 bridgehead atoms. The molecule has 3 heteroatoms. The summed E-state index contributed by atoms with van der Waals surface area (Å²) in [6.45, 7) is 0. The van der Waals surface area contributed by atoms with Crippen LogP contribution in [-0.2, 0) is 4.79 Å². The number of carbonyl (C=O) groups excluding carboxylic acids is 1.